The van der Waals surface area contributed by atoms with Gasteiger partial charge in [-0.25, -0.2) is 0 Å². The van der Waals surface area contributed by atoms with Crippen molar-refractivity contribution < 1.29 is 14.3 Å². The van der Waals surface area contributed by atoms with Gasteiger partial charge in [0.15, 0.2) is 18.1 Å². The van der Waals surface area contributed by atoms with E-state index >= 15 is 0 Å². The van der Waals surface area contributed by atoms with Crippen molar-refractivity contribution in [1.82, 2.24) is 5.32 Å². The van der Waals surface area contributed by atoms with E-state index in [-0.39, 0.29) is 12.5 Å². The number of nitrogens with one attached hydrogen (secondary N) is 2. The molecule has 0 bridgehead atoms. The maximum atomic E-state index is 12.4. The first-order valence-corrected chi connectivity index (χ1v) is 11.9. The number of hydrogen-bond donors (Lipinski definition) is 2. The molecule has 1 atom stereocenters. The first kappa shape index (κ1) is 24.8. The average molecular weight is 511 g/mol. The summed E-state index contributed by atoms with van der Waals surface area (Å²) in [5.41, 5.74) is 4.13. The van der Waals surface area contributed by atoms with Crippen molar-refractivity contribution >= 4 is 27.5 Å². The van der Waals surface area contributed by atoms with Crippen LogP contribution in [0, 0.1) is 6.92 Å². The van der Waals surface area contributed by atoms with Gasteiger partial charge < -0.3 is 20.1 Å². The number of hydrogen-bond acceptors (Lipinski definition) is 4. The fourth-order valence-corrected chi connectivity index (χ4v) is 3.90. The van der Waals surface area contributed by atoms with Gasteiger partial charge in [0.05, 0.1) is 7.11 Å². The standard InChI is InChI=1S/C27H31BrN2O3/c1-19-9-13-22(14-10-19)30-26(31)18-33-27-23(24(28)15-16-25(27)32-3)17-29-20(2)11-12-21-7-5-4-6-8-21/h4-10,13-16,20,29H,11-12,17-18H2,1-3H3,(H,30,31). The normalized spacial score (nSPS) is 11.6. The highest BCUT2D eigenvalue weighted by Crippen LogP contribution is 2.36. The summed E-state index contributed by atoms with van der Waals surface area (Å²) in [6.07, 6.45) is 2.03. The second kappa shape index (κ2) is 12.4. The molecule has 1 amide bonds. The predicted molar refractivity (Wildman–Crippen MR) is 137 cm³/mol. The van der Waals surface area contributed by atoms with Gasteiger partial charge in [-0.3, -0.25) is 4.79 Å². The number of halogens is 1. The van der Waals surface area contributed by atoms with E-state index in [4.69, 9.17) is 9.47 Å². The minimum atomic E-state index is -0.226. The monoisotopic (exact) mass is 510 g/mol. The van der Waals surface area contributed by atoms with Crippen LogP contribution in [-0.2, 0) is 17.8 Å². The number of carbonyl (C=O) groups is 1. The molecule has 3 aromatic carbocycles. The highest BCUT2D eigenvalue weighted by Gasteiger charge is 2.17. The Balaban J connectivity index is 1.61. The van der Waals surface area contributed by atoms with Crippen LogP contribution in [0.4, 0.5) is 5.69 Å². The summed E-state index contributed by atoms with van der Waals surface area (Å²) in [7, 11) is 1.60. The van der Waals surface area contributed by atoms with Crippen LogP contribution in [0.1, 0.15) is 30.0 Å². The molecule has 0 aliphatic carbocycles. The topological polar surface area (TPSA) is 59.6 Å². The van der Waals surface area contributed by atoms with Gasteiger partial charge in [0, 0.05) is 28.3 Å². The van der Waals surface area contributed by atoms with Crippen LogP contribution >= 0.6 is 15.9 Å². The third kappa shape index (κ3) is 7.62. The van der Waals surface area contributed by atoms with E-state index < -0.39 is 0 Å². The Labute approximate surface area is 204 Å². The SMILES string of the molecule is COc1ccc(Br)c(CNC(C)CCc2ccccc2)c1OCC(=O)Nc1ccc(C)cc1. The van der Waals surface area contributed by atoms with Gasteiger partial charge in [-0.2, -0.15) is 0 Å². The molecule has 0 aliphatic rings. The highest BCUT2D eigenvalue weighted by molar-refractivity contribution is 9.10. The fourth-order valence-electron chi connectivity index (χ4n) is 3.44. The molecular formula is C27H31BrN2O3. The Morgan fingerprint density at radius 1 is 1.03 bits per heavy atom. The number of amides is 1. The summed E-state index contributed by atoms with van der Waals surface area (Å²) < 4.78 is 12.4. The van der Waals surface area contributed by atoms with Gasteiger partial charge in [0.1, 0.15) is 0 Å². The van der Waals surface area contributed by atoms with Crippen molar-refractivity contribution in [3.63, 3.8) is 0 Å². The Morgan fingerprint density at radius 3 is 2.45 bits per heavy atom. The second-order valence-electron chi connectivity index (χ2n) is 8.07. The van der Waals surface area contributed by atoms with Crippen molar-refractivity contribution in [2.24, 2.45) is 0 Å². The van der Waals surface area contributed by atoms with E-state index in [1.54, 1.807) is 7.11 Å². The lowest BCUT2D eigenvalue weighted by molar-refractivity contribution is -0.118. The maximum absolute atomic E-state index is 12.4. The Kier molecular flexibility index (Phi) is 9.34. The van der Waals surface area contributed by atoms with Crippen molar-refractivity contribution in [3.05, 3.63) is 87.9 Å². The van der Waals surface area contributed by atoms with Crippen molar-refractivity contribution in [1.29, 1.82) is 0 Å². The van der Waals surface area contributed by atoms with Crippen LogP contribution in [0.2, 0.25) is 0 Å². The lowest BCUT2D eigenvalue weighted by Gasteiger charge is -2.19. The Hall–Kier alpha value is -2.83. The minimum absolute atomic E-state index is 0.114. The largest absolute Gasteiger partial charge is 0.493 e. The third-order valence-electron chi connectivity index (χ3n) is 5.41. The molecule has 0 aromatic heterocycles. The van der Waals surface area contributed by atoms with E-state index in [1.807, 2.05) is 49.4 Å². The number of carbonyl (C=O) groups excluding carboxylic acids is 1. The van der Waals surface area contributed by atoms with Crippen molar-refractivity contribution in [3.8, 4) is 11.5 Å². The van der Waals surface area contributed by atoms with E-state index in [2.05, 4.69) is 57.8 Å². The molecule has 5 nitrogen and oxygen atoms in total. The molecule has 2 N–H and O–H groups in total. The molecule has 0 spiro atoms. The zero-order valence-electron chi connectivity index (χ0n) is 19.4. The summed E-state index contributed by atoms with van der Waals surface area (Å²) in [4.78, 5) is 12.4. The van der Waals surface area contributed by atoms with Crippen LogP contribution in [0.5, 0.6) is 11.5 Å². The minimum Gasteiger partial charge on any atom is -0.493 e. The summed E-state index contributed by atoms with van der Waals surface area (Å²) in [6, 6.07) is 22.2. The van der Waals surface area contributed by atoms with E-state index in [0.717, 1.165) is 34.1 Å². The van der Waals surface area contributed by atoms with Gasteiger partial charge in [-0.15, -0.1) is 0 Å². The maximum Gasteiger partial charge on any atom is 0.262 e. The molecule has 0 radical (unpaired) electrons. The van der Waals surface area contributed by atoms with E-state index in [1.165, 1.54) is 5.56 Å². The molecule has 0 fully saturated rings. The number of benzene rings is 3. The van der Waals surface area contributed by atoms with Gasteiger partial charge >= 0.3 is 0 Å². The highest BCUT2D eigenvalue weighted by atomic mass is 79.9. The lowest BCUT2D eigenvalue weighted by atomic mass is 10.1. The average Bonchev–Trinajstić information content (AvgIpc) is 2.83. The third-order valence-corrected chi connectivity index (χ3v) is 6.15. The molecule has 0 heterocycles. The molecule has 3 rings (SSSR count). The number of methoxy groups -OCH3 is 1. The van der Waals surface area contributed by atoms with Gasteiger partial charge in [-0.1, -0.05) is 64.0 Å². The predicted octanol–water partition coefficient (Wildman–Crippen LogP) is 5.89. The Bertz CT molecular complexity index is 1040. The van der Waals surface area contributed by atoms with E-state index in [0.29, 0.717) is 24.1 Å². The summed E-state index contributed by atoms with van der Waals surface area (Å²) in [5.74, 6) is 0.930. The molecular weight excluding hydrogens is 480 g/mol. The summed E-state index contributed by atoms with van der Waals surface area (Å²) in [6.45, 7) is 4.65. The Morgan fingerprint density at radius 2 is 1.76 bits per heavy atom. The first-order chi connectivity index (χ1) is 16.0. The van der Waals surface area contributed by atoms with Crippen LogP contribution in [0.3, 0.4) is 0 Å². The zero-order valence-corrected chi connectivity index (χ0v) is 20.9. The smallest absolute Gasteiger partial charge is 0.262 e. The summed E-state index contributed by atoms with van der Waals surface area (Å²) >= 11 is 3.63. The molecule has 0 saturated carbocycles. The summed E-state index contributed by atoms with van der Waals surface area (Å²) in [5, 5.41) is 6.43. The molecule has 3 aromatic rings. The molecule has 0 aliphatic heterocycles. The number of ether oxygens (including phenoxy) is 2. The van der Waals surface area contributed by atoms with Gasteiger partial charge in [0.25, 0.3) is 5.91 Å². The molecule has 174 valence electrons. The van der Waals surface area contributed by atoms with Crippen LogP contribution in [-0.4, -0.2) is 25.7 Å². The number of aryl methyl sites for hydroxylation is 2. The van der Waals surface area contributed by atoms with Crippen molar-refractivity contribution in [2.45, 2.75) is 39.3 Å². The van der Waals surface area contributed by atoms with E-state index in [9.17, 15) is 4.79 Å². The van der Waals surface area contributed by atoms with Crippen LogP contribution < -0.4 is 20.1 Å². The van der Waals surface area contributed by atoms with Crippen LogP contribution in [0.25, 0.3) is 0 Å². The first-order valence-electron chi connectivity index (χ1n) is 11.1. The van der Waals surface area contributed by atoms with Gasteiger partial charge in [-0.05, 0) is 56.5 Å². The van der Waals surface area contributed by atoms with Crippen LogP contribution in [0.15, 0.2) is 71.2 Å². The lowest BCUT2D eigenvalue weighted by Crippen LogP contribution is -2.27. The fraction of sp³-hybridized carbons (Fsp3) is 0.296. The molecule has 0 saturated heterocycles. The molecule has 6 heteroatoms. The van der Waals surface area contributed by atoms with Gasteiger partial charge in [0.2, 0.25) is 0 Å². The molecule has 1 unspecified atom stereocenters. The number of rotatable bonds is 11. The molecule has 33 heavy (non-hydrogen) atoms. The second-order valence-corrected chi connectivity index (χ2v) is 8.92. The van der Waals surface area contributed by atoms with Crippen molar-refractivity contribution in [2.75, 3.05) is 19.0 Å². The quantitative estimate of drug-likeness (QED) is 0.337. The number of anilines is 1. The zero-order chi connectivity index (χ0) is 23.6.